The first-order valence-corrected chi connectivity index (χ1v) is 16.1. The van der Waals surface area contributed by atoms with Gasteiger partial charge in [-0.2, -0.15) is 0 Å². The molecule has 0 unspecified atom stereocenters. The second-order valence-corrected chi connectivity index (χ2v) is 14.4. The predicted molar refractivity (Wildman–Crippen MR) is 163 cm³/mol. The third-order valence-electron chi connectivity index (χ3n) is 6.19. The van der Waals surface area contributed by atoms with E-state index < -0.39 is 15.8 Å². The number of rotatable bonds is 6. The molecule has 2 aliphatic carbocycles. The van der Waals surface area contributed by atoms with Gasteiger partial charge in [-0.05, 0) is 0 Å². The van der Waals surface area contributed by atoms with Crippen molar-refractivity contribution >= 4 is 45.9 Å². The van der Waals surface area contributed by atoms with E-state index >= 15 is 0 Å². The molecule has 0 nitrogen and oxygen atoms in total. The zero-order valence-electron chi connectivity index (χ0n) is 20.3. The van der Waals surface area contributed by atoms with Crippen molar-refractivity contribution < 1.29 is 14.1 Å². The summed E-state index contributed by atoms with van der Waals surface area (Å²) in [5.74, 6) is 0. The normalized spacial score (nSPS) is 14.5. The Kier molecular flexibility index (Phi) is 7.60. The quantitative estimate of drug-likeness (QED) is 0.187. The summed E-state index contributed by atoms with van der Waals surface area (Å²) in [6, 6.07) is 44.0. The van der Waals surface area contributed by atoms with Crippen molar-refractivity contribution in [3.63, 3.8) is 0 Å². The first-order chi connectivity index (χ1) is 18.4. The van der Waals surface area contributed by atoms with Crippen molar-refractivity contribution in [1.82, 2.24) is 0 Å². The van der Waals surface area contributed by atoms with Gasteiger partial charge in [0.25, 0.3) is 0 Å². The Labute approximate surface area is 227 Å². The summed E-state index contributed by atoms with van der Waals surface area (Å²) in [7, 11) is -1.24. The van der Waals surface area contributed by atoms with Gasteiger partial charge >= 0.3 is 228 Å². The fraction of sp³-hybridized carbons (Fsp3) is 0. The van der Waals surface area contributed by atoms with Gasteiger partial charge in [0.2, 0.25) is 0 Å². The summed E-state index contributed by atoms with van der Waals surface area (Å²) in [5, 5.41) is 8.51. The zero-order valence-corrected chi connectivity index (χ0v) is 23.2. The van der Waals surface area contributed by atoms with Crippen LogP contribution in [0.15, 0.2) is 168 Å². The van der Waals surface area contributed by atoms with E-state index in [4.69, 9.17) is 0 Å². The van der Waals surface area contributed by atoms with Gasteiger partial charge < -0.3 is 0 Å². The molecule has 6 rings (SSSR count). The van der Waals surface area contributed by atoms with Gasteiger partial charge in [-0.1, -0.05) is 0 Å². The summed E-state index contributed by atoms with van der Waals surface area (Å²) in [4.78, 5) is 0. The topological polar surface area (TPSA) is 0 Å². The number of benzene rings is 4. The van der Waals surface area contributed by atoms with E-state index in [1.54, 1.807) is 0 Å². The van der Waals surface area contributed by atoms with Gasteiger partial charge in [-0.3, -0.25) is 0 Å². The second kappa shape index (κ2) is 11.6. The number of allylic oxidation sites excluding steroid dienone is 8. The molecular formula is C34H26FeP2. The van der Waals surface area contributed by atoms with Crippen molar-refractivity contribution in [2.24, 2.45) is 0 Å². The Morgan fingerprint density at radius 1 is 0.378 bits per heavy atom. The minimum atomic E-state index is -0.619. The molecule has 37 heavy (non-hydrogen) atoms. The SMILES string of the molecule is C1=C[C](=[Fe]=[C]2C=CC=C2P(c2ccccc2)c2ccccc2)C(P(c2ccccc2)c2ccccc2)=C1. The van der Waals surface area contributed by atoms with Crippen molar-refractivity contribution in [3.05, 3.63) is 168 Å². The molecule has 2 aliphatic rings. The second-order valence-electron chi connectivity index (χ2n) is 8.59. The van der Waals surface area contributed by atoms with Crippen molar-refractivity contribution in [1.29, 1.82) is 0 Å². The molecule has 4 aromatic carbocycles. The molecule has 0 radical (unpaired) electrons. The molecule has 0 N–H and O–H groups in total. The molecule has 0 spiro atoms. The average molecular weight is 552 g/mol. The Morgan fingerprint density at radius 2 is 0.676 bits per heavy atom. The van der Waals surface area contributed by atoms with Crippen LogP contribution in [-0.4, -0.2) is 8.83 Å². The van der Waals surface area contributed by atoms with Crippen LogP contribution in [0.4, 0.5) is 0 Å². The summed E-state index contributed by atoms with van der Waals surface area (Å²) in [5.41, 5.74) is 0. The maximum absolute atomic E-state index is 2.35. The molecular weight excluding hydrogens is 526 g/mol. The molecule has 0 saturated heterocycles. The van der Waals surface area contributed by atoms with Gasteiger partial charge in [0, 0.05) is 0 Å². The van der Waals surface area contributed by atoms with E-state index in [0.29, 0.717) is 0 Å². The van der Waals surface area contributed by atoms with Crippen LogP contribution in [-0.2, 0) is 14.1 Å². The molecule has 0 atom stereocenters. The van der Waals surface area contributed by atoms with Crippen molar-refractivity contribution in [3.8, 4) is 0 Å². The van der Waals surface area contributed by atoms with Gasteiger partial charge in [-0.15, -0.1) is 0 Å². The van der Waals surface area contributed by atoms with Gasteiger partial charge in [0.1, 0.15) is 0 Å². The number of hydrogen-bond donors (Lipinski definition) is 0. The van der Waals surface area contributed by atoms with E-state index in [2.05, 4.69) is 158 Å². The van der Waals surface area contributed by atoms with Crippen LogP contribution in [0.3, 0.4) is 0 Å². The van der Waals surface area contributed by atoms with E-state index in [-0.39, 0.29) is 0 Å². The number of hydrogen-bond acceptors (Lipinski definition) is 0. The molecule has 3 heteroatoms. The molecule has 0 amide bonds. The van der Waals surface area contributed by atoms with E-state index in [1.807, 2.05) is 0 Å². The Bertz CT molecular complexity index is 1380. The minimum absolute atomic E-state index is 0.619. The summed E-state index contributed by atoms with van der Waals surface area (Å²) >= 11 is 0.946. The Hall–Kier alpha value is -3.04. The predicted octanol–water partition coefficient (Wildman–Crippen LogP) is 6.59. The first-order valence-electron chi connectivity index (χ1n) is 12.3. The van der Waals surface area contributed by atoms with Gasteiger partial charge in [0.15, 0.2) is 0 Å². The van der Waals surface area contributed by atoms with E-state index in [1.165, 1.54) is 40.7 Å². The van der Waals surface area contributed by atoms with Crippen LogP contribution in [0.5, 0.6) is 0 Å². The third-order valence-corrected chi connectivity index (χ3v) is 13.2. The fourth-order valence-corrected chi connectivity index (χ4v) is 11.4. The monoisotopic (exact) mass is 552 g/mol. The Balaban J connectivity index is 1.46. The van der Waals surface area contributed by atoms with E-state index in [9.17, 15) is 0 Å². The third kappa shape index (κ3) is 5.33. The Morgan fingerprint density at radius 3 is 0.973 bits per heavy atom. The fourth-order valence-electron chi connectivity index (χ4n) is 4.54. The van der Waals surface area contributed by atoms with Crippen LogP contribution >= 0.6 is 15.8 Å². The standard InChI is InChI=1S/2C17H13P.Fe/c2*1-3-9-15(10-4-1)18(17-13-7-8-14-17)16-11-5-2-6-12-16;/h2*1-13H;. The average Bonchev–Trinajstić information content (AvgIpc) is 3.62. The van der Waals surface area contributed by atoms with Gasteiger partial charge in [-0.25, -0.2) is 0 Å². The van der Waals surface area contributed by atoms with Gasteiger partial charge in [0.05, 0.1) is 0 Å². The first kappa shape index (κ1) is 24.3. The molecule has 180 valence electrons. The molecule has 0 aliphatic heterocycles. The maximum atomic E-state index is 2.35. The van der Waals surface area contributed by atoms with Crippen molar-refractivity contribution in [2.45, 2.75) is 0 Å². The molecule has 0 heterocycles. The zero-order chi connectivity index (χ0) is 24.9. The van der Waals surface area contributed by atoms with Crippen LogP contribution in [0.25, 0.3) is 0 Å². The molecule has 0 fully saturated rings. The summed E-state index contributed by atoms with van der Waals surface area (Å²) in [6.45, 7) is 0. The van der Waals surface area contributed by atoms with Crippen LogP contribution in [0.2, 0.25) is 0 Å². The molecule has 0 saturated carbocycles. The molecule has 0 bridgehead atoms. The van der Waals surface area contributed by atoms with Crippen LogP contribution < -0.4 is 21.2 Å². The molecule has 0 aromatic heterocycles. The summed E-state index contributed by atoms with van der Waals surface area (Å²) in [6.07, 6.45) is 13.8. The van der Waals surface area contributed by atoms with E-state index in [0.717, 1.165) is 14.1 Å². The van der Waals surface area contributed by atoms with Crippen LogP contribution in [0, 0.1) is 0 Å². The van der Waals surface area contributed by atoms with Crippen molar-refractivity contribution in [2.75, 3.05) is 0 Å². The van der Waals surface area contributed by atoms with Crippen LogP contribution in [0.1, 0.15) is 0 Å². The molecule has 4 aromatic rings. The summed E-state index contributed by atoms with van der Waals surface area (Å²) < 4.78 is 2.87.